The Labute approximate surface area is 108 Å². The molecule has 1 aromatic carbocycles. The van der Waals surface area contributed by atoms with Crippen LogP contribution in [0.25, 0.3) is 0 Å². The van der Waals surface area contributed by atoms with Crippen LogP contribution in [0.15, 0.2) is 18.2 Å². The van der Waals surface area contributed by atoms with Gasteiger partial charge in [0, 0.05) is 5.88 Å². The summed E-state index contributed by atoms with van der Waals surface area (Å²) < 4.78 is 5.12. The molecule has 0 aliphatic rings. The van der Waals surface area contributed by atoms with Gasteiger partial charge in [-0.05, 0) is 37.3 Å². The summed E-state index contributed by atoms with van der Waals surface area (Å²) in [7, 11) is 0. The van der Waals surface area contributed by atoms with Gasteiger partial charge in [0.2, 0.25) is 0 Å². The Bertz CT molecular complexity index is 374. The number of esters is 1. The number of benzene rings is 1. The molecule has 0 radical (unpaired) electrons. The topological polar surface area (TPSA) is 26.3 Å². The summed E-state index contributed by atoms with van der Waals surface area (Å²) in [6.45, 7) is 4.28. The second-order valence-electron chi connectivity index (χ2n) is 3.82. The maximum atomic E-state index is 12.0. The van der Waals surface area contributed by atoms with Crippen molar-refractivity contribution in [2.45, 2.75) is 33.1 Å². The van der Waals surface area contributed by atoms with Gasteiger partial charge in [0.25, 0.3) is 0 Å². The number of hydrogen-bond donors (Lipinski definition) is 0. The van der Waals surface area contributed by atoms with E-state index in [1.54, 1.807) is 0 Å². The van der Waals surface area contributed by atoms with E-state index in [1.807, 2.05) is 32.0 Å². The molecular formula is C14H19ClO2. The highest BCUT2D eigenvalue weighted by molar-refractivity contribution is 6.17. The van der Waals surface area contributed by atoms with Crippen LogP contribution in [0.5, 0.6) is 0 Å². The zero-order valence-electron chi connectivity index (χ0n) is 10.5. The summed E-state index contributed by atoms with van der Waals surface area (Å²) in [6.07, 6.45) is 2.54. The van der Waals surface area contributed by atoms with Crippen molar-refractivity contribution in [1.82, 2.24) is 0 Å². The fraction of sp³-hybridized carbons (Fsp3) is 0.500. The lowest BCUT2D eigenvalue weighted by molar-refractivity contribution is 0.0524. The number of aryl methyl sites for hydroxylation is 2. The van der Waals surface area contributed by atoms with Gasteiger partial charge >= 0.3 is 5.97 Å². The minimum absolute atomic E-state index is 0.213. The third-order valence-corrected chi connectivity index (χ3v) is 2.94. The first-order chi connectivity index (χ1) is 8.24. The average Bonchev–Trinajstić information content (AvgIpc) is 2.35. The lowest BCUT2D eigenvalue weighted by Gasteiger charge is -2.12. The minimum atomic E-state index is -0.213. The lowest BCUT2D eigenvalue weighted by atomic mass is 9.96. The molecule has 0 unspecified atom stereocenters. The molecule has 0 saturated carbocycles. The Morgan fingerprint density at radius 1 is 1.29 bits per heavy atom. The molecular weight excluding hydrogens is 236 g/mol. The molecule has 0 heterocycles. The van der Waals surface area contributed by atoms with E-state index in [0.717, 1.165) is 36.0 Å². The summed E-state index contributed by atoms with van der Waals surface area (Å²) in [5, 5.41) is 0. The quantitative estimate of drug-likeness (QED) is 0.573. The summed E-state index contributed by atoms with van der Waals surface area (Å²) in [4.78, 5) is 12.0. The molecule has 2 nitrogen and oxygen atoms in total. The van der Waals surface area contributed by atoms with Crippen molar-refractivity contribution >= 4 is 17.6 Å². The Morgan fingerprint density at radius 2 is 2.00 bits per heavy atom. The van der Waals surface area contributed by atoms with Gasteiger partial charge in [0.05, 0.1) is 12.2 Å². The van der Waals surface area contributed by atoms with E-state index in [9.17, 15) is 4.79 Å². The van der Waals surface area contributed by atoms with Gasteiger partial charge in [-0.1, -0.05) is 25.1 Å². The van der Waals surface area contributed by atoms with Crippen LogP contribution in [-0.2, 0) is 17.6 Å². The summed E-state index contributed by atoms with van der Waals surface area (Å²) in [5.41, 5.74) is 2.83. The van der Waals surface area contributed by atoms with E-state index in [1.165, 1.54) is 0 Å². The third-order valence-electron chi connectivity index (χ3n) is 2.68. The van der Waals surface area contributed by atoms with Gasteiger partial charge in [0.15, 0.2) is 0 Å². The van der Waals surface area contributed by atoms with Crippen LogP contribution in [0.4, 0.5) is 0 Å². The molecule has 0 aromatic heterocycles. The molecule has 0 N–H and O–H groups in total. The Balaban J connectivity index is 3.06. The Morgan fingerprint density at radius 3 is 2.59 bits per heavy atom. The van der Waals surface area contributed by atoms with Gasteiger partial charge in [-0.15, -0.1) is 11.6 Å². The first-order valence-electron chi connectivity index (χ1n) is 6.08. The van der Waals surface area contributed by atoms with E-state index >= 15 is 0 Å². The largest absolute Gasteiger partial charge is 0.462 e. The van der Waals surface area contributed by atoms with Gasteiger partial charge in [-0.2, -0.15) is 0 Å². The molecule has 0 bridgehead atoms. The predicted octanol–water partition coefficient (Wildman–Crippen LogP) is 3.60. The summed E-state index contributed by atoms with van der Waals surface area (Å²) in [5.74, 6) is 0.396. The van der Waals surface area contributed by atoms with Crippen LogP contribution in [0.3, 0.4) is 0 Å². The number of halogens is 1. The predicted molar refractivity (Wildman–Crippen MR) is 70.8 cm³/mol. The zero-order valence-corrected chi connectivity index (χ0v) is 11.2. The van der Waals surface area contributed by atoms with E-state index in [2.05, 4.69) is 0 Å². The highest BCUT2D eigenvalue weighted by atomic mass is 35.5. The fourth-order valence-electron chi connectivity index (χ4n) is 1.88. The molecule has 0 atom stereocenters. The number of hydrogen-bond acceptors (Lipinski definition) is 2. The molecule has 0 aliphatic heterocycles. The van der Waals surface area contributed by atoms with Gasteiger partial charge in [0.1, 0.15) is 0 Å². The van der Waals surface area contributed by atoms with Crippen LogP contribution in [0, 0.1) is 0 Å². The van der Waals surface area contributed by atoms with E-state index < -0.39 is 0 Å². The second kappa shape index (κ2) is 7.33. The molecule has 1 rings (SSSR count). The van der Waals surface area contributed by atoms with Crippen LogP contribution < -0.4 is 0 Å². The smallest absolute Gasteiger partial charge is 0.338 e. The lowest BCUT2D eigenvalue weighted by Crippen LogP contribution is -2.11. The molecule has 0 fully saturated rings. The van der Waals surface area contributed by atoms with E-state index in [4.69, 9.17) is 16.3 Å². The normalized spacial score (nSPS) is 10.3. The first kappa shape index (κ1) is 14.0. The van der Waals surface area contributed by atoms with Crippen LogP contribution >= 0.6 is 11.6 Å². The third kappa shape index (κ3) is 3.74. The standard InChI is InChI=1S/C14H19ClO2/c1-3-11-7-5-8-12(9-6-10-15)13(11)14(16)17-4-2/h5,7-8H,3-4,6,9-10H2,1-2H3. The molecule has 1 aromatic rings. The Kier molecular flexibility index (Phi) is 6.06. The number of rotatable bonds is 6. The van der Waals surface area contributed by atoms with Crippen LogP contribution in [0.2, 0.25) is 0 Å². The van der Waals surface area contributed by atoms with Crippen LogP contribution in [0.1, 0.15) is 41.8 Å². The van der Waals surface area contributed by atoms with Gasteiger partial charge in [-0.3, -0.25) is 0 Å². The molecule has 17 heavy (non-hydrogen) atoms. The number of alkyl halides is 1. The van der Waals surface area contributed by atoms with Crippen molar-refractivity contribution in [3.05, 3.63) is 34.9 Å². The monoisotopic (exact) mass is 254 g/mol. The minimum Gasteiger partial charge on any atom is -0.462 e. The van der Waals surface area contributed by atoms with Crippen molar-refractivity contribution in [2.75, 3.05) is 12.5 Å². The molecule has 94 valence electrons. The SMILES string of the molecule is CCOC(=O)c1c(CC)cccc1CCCCl. The maximum absolute atomic E-state index is 12.0. The van der Waals surface area contributed by atoms with Crippen molar-refractivity contribution in [3.63, 3.8) is 0 Å². The second-order valence-corrected chi connectivity index (χ2v) is 4.20. The van der Waals surface area contributed by atoms with Gasteiger partial charge < -0.3 is 4.74 Å². The van der Waals surface area contributed by atoms with E-state index in [-0.39, 0.29) is 5.97 Å². The van der Waals surface area contributed by atoms with Crippen molar-refractivity contribution in [3.8, 4) is 0 Å². The molecule has 3 heteroatoms. The Hall–Kier alpha value is -1.02. The van der Waals surface area contributed by atoms with Crippen molar-refractivity contribution in [2.24, 2.45) is 0 Å². The molecule has 0 saturated heterocycles. The van der Waals surface area contributed by atoms with Gasteiger partial charge in [-0.25, -0.2) is 4.79 Å². The molecule has 0 aliphatic carbocycles. The number of ether oxygens (including phenoxy) is 1. The number of carbonyl (C=O) groups is 1. The zero-order chi connectivity index (χ0) is 12.7. The first-order valence-corrected chi connectivity index (χ1v) is 6.61. The highest BCUT2D eigenvalue weighted by Crippen LogP contribution is 2.19. The molecule has 0 spiro atoms. The van der Waals surface area contributed by atoms with E-state index in [0.29, 0.717) is 12.5 Å². The number of carbonyl (C=O) groups excluding carboxylic acids is 1. The van der Waals surface area contributed by atoms with Crippen LogP contribution in [-0.4, -0.2) is 18.5 Å². The van der Waals surface area contributed by atoms with Crippen molar-refractivity contribution in [1.29, 1.82) is 0 Å². The fourth-order valence-corrected chi connectivity index (χ4v) is 2.01. The summed E-state index contributed by atoms with van der Waals surface area (Å²) >= 11 is 5.70. The molecule has 0 amide bonds. The highest BCUT2D eigenvalue weighted by Gasteiger charge is 2.15. The maximum Gasteiger partial charge on any atom is 0.338 e. The summed E-state index contributed by atoms with van der Waals surface area (Å²) in [6, 6.07) is 5.96. The average molecular weight is 255 g/mol. The van der Waals surface area contributed by atoms with Crippen molar-refractivity contribution < 1.29 is 9.53 Å².